The molecule has 22 heavy (non-hydrogen) atoms. The molecule has 0 radical (unpaired) electrons. The molecule has 0 spiro atoms. The molecule has 0 aliphatic heterocycles. The van der Waals surface area contributed by atoms with Crippen molar-refractivity contribution < 1.29 is 22.8 Å². The zero-order chi connectivity index (χ0) is 16.6. The zero-order valence-corrected chi connectivity index (χ0v) is 14.7. The molecule has 0 saturated heterocycles. The minimum Gasteiger partial charge on any atom is -0.423 e. The van der Waals surface area contributed by atoms with Crippen molar-refractivity contribution in [2.24, 2.45) is 0 Å². The molecule has 0 atom stereocenters. The second-order valence-electron chi connectivity index (χ2n) is 4.52. The summed E-state index contributed by atoms with van der Waals surface area (Å²) in [6, 6.07) is 7.14. The van der Waals surface area contributed by atoms with Crippen molar-refractivity contribution in [3.63, 3.8) is 0 Å². The van der Waals surface area contributed by atoms with Crippen molar-refractivity contribution in [2.75, 3.05) is 19.8 Å². The predicted molar refractivity (Wildman–Crippen MR) is 87.2 cm³/mol. The summed E-state index contributed by atoms with van der Waals surface area (Å²) in [7, 11) is -3.12. The first-order chi connectivity index (χ1) is 10.5. The van der Waals surface area contributed by atoms with E-state index in [1.807, 2.05) is 32.9 Å². The number of hydrogen-bond acceptors (Lipinski definition) is 5. The van der Waals surface area contributed by atoms with Gasteiger partial charge in [0, 0.05) is 25.4 Å². The average molecular weight is 324 g/mol. The summed E-state index contributed by atoms with van der Waals surface area (Å²) in [5, 5.41) is 0.648. The Balaban J connectivity index is 3.28. The van der Waals surface area contributed by atoms with Crippen LogP contribution in [-0.2, 0) is 18.1 Å². The number of benzene rings is 1. The second-order valence-corrected chi connectivity index (χ2v) is 7.04. The van der Waals surface area contributed by atoms with Gasteiger partial charge in [0.05, 0.1) is 5.19 Å². The molecule has 0 bridgehead atoms. The molecule has 0 amide bonds. The van der Waals surface area contributed by atoms with Crippen molar-refractivity contribution in [2.45, 2.75) is 27.7 Å². The van der Waals surface area contributed by atoms with Gasteiger partial charge >= 0.3 is 14.8 Å². The van der Waals surface area contributed by atoms with Crippen molar-refractivity contribution in [3.05, 3.63) is 36.4 Å². The third kappa shape index (κ3) is 4.51. The molecular weight excluding hydrogens is 300 g/mol. The van der Waals surface area contributed by atoms with Crippen LogP contribution in [0.3, 0.4) is 0 Å². The van der Waals surface area contributed by atoms with E-state index in [9.17, 15) is 4.79 Å². The molecule has 1 aromatic rings. The highest BCUT2D eigenvalue weighted by Crippen LogP contribution is 2.19. The van der Waals surface area contributed by atoms with Crippen LogP contribution >= 0.6 is 0 Å². The van der Waals surface area contributed by atoms with E-state index in [-0.39, 0.29) is 0 Å². The highest BCUT2D eigenvalue weighted by molar-refractivity contribution is 6.76. The van der Waals surface area contributed by atoms with E-state index >= 15 is 0 Å². The molecule has 0 saturated carbocycles. The first-order valence-electron chi connectivity index (χ1n) is 7.39. The smallest absolute Gasteiger partial charge is 0.423 e. The fourth-order valence-electron chi connectivity index (χ4n) is 1.92. The van der Waals surface area contributed by atoms with E-state index in [0.717, 1.165) is 0 Å². The van der Waals surface area contributed by atoms with Crippen LogP contribution < -0.4 is 9.92 Å². The Hall–Kier alpha value is -1.47. The lowest BCUT2D eigenvalue weighted by molar-refractivity contribution is -0.130. The normalized spacial score (nSPS) is 11.3. The van der Waals surface area contributed by atoms with Crippen molar-refractivity contribution >= 4 is 20.0 Å². The number of esters is 1. The van der Waals surface area contributed by atoms with Crippen LogP contribution in [0.4, 0.5) is 0 Å². The van der Waals surface area contributed by atoms with Gasteiger partial charge in [-0.3, -0.25) is 0 Å². The largest absolute Gasteiger partial charge is 0.541 e. The van der Waals surface area contributed by atoms with Gasteiger partial charge in [0.15, 0.2) is 0 Å². The summed E-state index contributed by atoms with van der Waals surface area (Å²) in [5.74, 6) is -0.0997. The summed E-state index contributed by atoms with van der Waals surface area (Å²) in [4.78, 5) is 11.8. The van der Waals surface area contributed by atoms with E-state index in [1.165, 1.54) is 0 Å². The van der Waals surface area contributed by atoms with E-state index in [1.54, 1.807) is 19.1 Å². The SMILES string of the molecule is C=C(C)C(=O)Oc1ccccc1[Si](OCC)(OCC)OCC. The lowest BCUT2D eigenvalue weighted by Gasteiger charge is -2.29. The molecule has 122 valence electrons. The van der Waals surface area contributed by atoms with Gasteiger partial charge < -0.3 is 18.0 Å². The van der Waals surface area contributed by atoms with Gasteiger partial charge in [0.1, 0.15) is 5.75 Å². The Morgan fingerprint density at radius 3 is 2.00 bits per heavy atom. The fourth-order valence-corrected chi connectivity index (χ4v) is 4.52. The van der Waals surface area contributed by atoms with Gasteiger partial charge in [-0.05, 0) is 33.8 Å². The number of carbonyl (C=O) groups excluding carboxylic acids is 1. The lowest BCUT2D eigenvalue weighted by atomic mass is 10.3. The molecule has 1 aromatic carbocycles. The molecule has 5 nitrogen and oxygen atoms in total. The van der Waals surface area contributed by atoms with Gasteiger partial charge in [-0.15, -0.1) is 0 Å². The Morgan fingerprint density at radius 1 is 1.05 bits per heavy atom. The van der Waals surface area contributed by atoms with Gasteiger partial charge in [-0.2, -0.15) is 0 Å². The summed E-state index contributed by atoms with van der Waals surface area (Å²) in [6.45, 7) is 12.1. The maximum atomic E-state index is 11.8. The first kappa shape index (κ1) is 18.6. The highest BCUT2D eigenvalue weighted by Gasteiger charge is 2.46. The molecule has 0 N–H and O–H groups in total. The summed E-state index contributed by atoms with van der Waals surface area (Å²) in [6.07, 6.45) is 0. The molecule has 6 heteroatoms. The third-order valence-electron chi connectivity index (χ3n) is 2.77. The van der Waals surface area contributed by atoms with Crippen LogP contribution in [-0.4, -0.2) is 34.6 Å². The Kier molecular flexibility index (Phi) is 7.47. The number of ether oxygens (including phenoxy) is 1. The van der Waals surface area contributed by atoms with E-state index in [0.29, 0.717) is 36.3 Å². The minimum absolute atomic E-state index is 0.325. The van der Waals surface area contributed by atoms with Crippen LogP contribution in [0.25, 0.3) is 0 Å². The topological polar surface area (TPSA) is 54.0 Å². The maximum Gasteiger partial charge on any atom is 0.541 e. The molecule has 1 rings (SSSR count). The number of para-hydroxylation sites is 1. The van der Waals surface area contributed by atoms with Gasteiger partial charge in [-0.1, -0.05) is 24.8 Å². The van der Waals surface area contributed by atoms with Crippen LogP contribution in [0.15, 0.2) is 36.4 Å². The third-order valence-corrected chi connectivity index (χ3v) is 5.85. The number of carbonyl (C=O) groups is 1. The Labute approximate surface area is 133 Å². The van der Waals surface area contributed by atoms with Gasteiger partial charge in [0.25, 0.3) is 0 Å². The molecule has 0 fully saturated rings. The molecule has 0 aliphatic rings. The highest BCUT2D eigenvalue weighted by atomic mass is 28.4. The minimum atomic E-state index is -3.12. The lowest BCUT2D eigenvalue weighted by Crippen LogP contribution is -2.57. The quantitative estimate of drug-likeness (QED) is 0.302. The van der Waals surface area contributed by atoms with Crippen LogP contribution in [0, 0.1) is 0 Å². The van der Waals surface area contributed by atoms with E-state index in [4.69, 9.17) is 18.0 Å². The predicted octanol–water partition coefficient (Wildman–Crippen LogP) is 2.42. The van der Waals surface area contributed by atoms with Crippen molar-refractivity contribution in [1.82, 2.24) is 0 Å². The number of rotatable bonds is 9. The molecule has 0 aliphatic carbocycles. The summed E-state index contributed by atoms with van der Waals surface area (Å²) in [5.41, 5.74) is 0.325. The van der Waals surface area contributed by atoms with Crippen LogP contribution in [0.5, 0.6) is 5.75 Å². The van der Waals surface area contributed by atoms with Crippen LogP contribution in [0.2, 0.25) is 0 Å². The molecule has 0 unspecified atom stereocenters. The fraction of sp³-hybridized carbons (Fsp3) is 0.438. The van der Waals surface area contributed by atoms with Gasteiger partial charge in [0.2, 0.25) is 0 Å². The van der Waals surface area contributed by atoms with Gasteiger partial charge in [-0.25, -0.2) is 4.79 Å². The van der Waals surface area contributed by atoms with E-state index < -0.39 is 14.8 Å². The summed E-state index contributed by atoms with van der Waals surface area (Å²) >= 11 is 0. The number of hydrogen-bond donors (Lipinski definition) is 0. The Bertz CT molecular complexity index is 498. The van der Waals surface area contributed by atoms with Crippen LogP contribution in [0.1, 0.15) is 27.7 Å². The van der Waals surface area contributed by atoms with E-state index in [2.05, 4.69) is 6.58 Å². The standard InChI is InChI=1S/C16H24O5Si/c1-6-18-22(19-7-2,20-8-3)15-12-10-9-11-14(15)21-16(17)13(4)5/h9-12H,4,6-8H2,1-3,5H3. The van der Waals surface area contributed by atoms with Crippen molar-refractivity contribution in [3.8, 4) is 5.75 Å². The summed E-state index contributed by atoms with van der Waals surface area (Å²) < 4.78 is 23.0. The van der Waals surface area contributed by atoms with Crippen molar-refractivity contribution in [1.29, 1.82) is 0 Å². The first-order valence-corrected chi connectivity index (χ1v) is 9.12. The maximum absolute atomic E-state index is 11.8. The molecule has 0 aromatic heterocycles. The average Bonchev–Trinajstić information content (AvgIpc) is 2.48. The second kappa shape index (κ2) is 8.85. The Morgan fingerprint density at radius 2 is 1.55 bits per heavy atom. The zero-order valence-electron chi connectivity index (χ0n) is 13.7. The molecule has 0 heterocycles. The monoisotopic (exact) mass is 324 g/mol. The molecular formula is C16H24O5Si.